The Morgan fingerprint density at radius 1 is 1.21 bits per heavy atom. The Morgan fingerprint density at radius 3 is 2.63 bits per heavy atom. The van der Waals surface area contributed by atoms with Crippen molar-refractivity contribution >= 4 is 17.3 Å². The highest BCUT2D eigenvalue weighted by Gasteiger charge is 2.45. The molecule has 0 aliphatic heterocycles. The molecule has 0 bridgehead atoms. The van der Waals surface area contributed by atoms with Crippen molar-refractivity contribution in [2.24, 2.45) is 23.7 Å². The zero-order valence-electron chi connectivity index (χ0n) is 12.0. The molecule has 2 saturated carbocycles. The van der Waals surface area contributed by atoms with Crippen LogP contribution in [0.3, 0.4) is 0 Å². The number of fused-ring (bicyclic) bond motifs is 1. The second-order valence-electron chi connectivity index (χ2n) is 6.19. The van der Waals surface area contributed by atoms with Gasteiger partial charge in [0, 0.05) is 37.0 Å². The normalized spacial score (nSPS) is 35.1. The Labute approximate surface area is 115 Å². The van der Waals surface area contributed by atoms with E-state index in [0.717, 1.165) is 19.3 Å². The maximum absolute atomic E-state index is 12.2. The highest BCUT2D eigenvalue weighted by atomic mass is 16.1. The van der Waals surface area contributed by atoms with Crippen molar-refractivity contribution in [3.8, 4) is 0 Å². The van der Waals surface area contributed by atoms with Gasteiger partial charge in [-0.2, -0.15) is 0 Å². The molecule has 0 amide bonds. The van der Waals surface area contributed by atoms with Crippen LogP contribution in [0.15, 0.2) is 0 Å². The van der Waals surface area contributed by atoms with Gasteiger partial charge in [-0.15, -0.1) is 0 Å². The van der Waals surface area contributed by atoms with E-state index in [1.165, 1.54) is 0 Å². The van der Waals surface area contributed by atoms with Gasteiger partial charge in [-0.1, -0.05) is 13.8 Å². The van der Waals surface area contributed by atoms with Crippen molar-refractivity contribution in [3.05, 3.63) is 0 Å². The van der Waals surface area contributed by atoms with E-state index >= 15 is 0 Å². The Morgan fingerprint density at radius 2 is 1.95 bits per heavy atom. The van der Waals surface area contributed by atoms with Crippen LogP contribution in [-0.4, -0.2) is 17.3 Å². The van der Waals surface area contributed by atoms with Crippen molar-refractivity contribution in [1.82, 2.24) is 0 Å². The Bertz CT molecular complexity index is 385. The third-order valence-electron chi connectivity index (χ3n) is 5.06. The molecule has 0 radical (unpaired) electrons. The molecule has 0 N–H and O–H groups in total. The van der Waals surface area contributed by atoms with Gasteiger partial charge in [-0.25, -0.2) is 0 Å². The summed E-state index contributed by atoms with van der Waals surface area (Å²) in [7, 11) is 0. The molecule has 0 saturated heterocycles. The van der Waals surface area contributed by atoms with Crippen LogP contribution in [0.2, 0.25) is 0 Å². The molecule has 106 valence electrons. The summed E-state index contributed by atoms with van der Waals surface area (Å²) in [6.07, 6.45) is 4.87. The van der Waals surface area contributed by atoms with Gasteiger partial charge in [0.2, 0.25) is 0 Å². The smallest absolute Gasteiger partial charge is 0.139 e. The number of carbonyl (C=O) groups excluding carboxylic acids is 3. The minimum Gasteiger partial charge on any atom is -0.300 e. The quantitative estimate of drug-likeness (QED) is 0.784. The summed E-state index contributed by atoms with van der Waals surface area (Å²) in [5.41, 5.74) is 0. The lowest BCUT2D eigenvalue weighted by molar-refractivity contribution is -0.140. The summed E-state index contributed by atoms with van der Waals surface area (Å²) in [6, 6.07) is 0. The lowest BCUT2D eigenvalue weighted by atomic mass is 9.61. The molecule has 0 heterocycles. The Kier molecular flexibility index (Phi) is 4.54. The molecule has 0 aromatic rings. The average Bonchev–Trinajstić information content (AvgIpc) is 2.41. The largest absolute Gasteiger partial charge is 0.300 e. The molecule has 2 rings (SSSR count). The molecular weight excluding hydrogens is 240 g/mol. The fraction of sp³-hybridized carbons (Fsp3) is 0.812. The van der Waals surface area contributed by atoms with Crippen molar-refractivity contribution in [3.63, 3.8) is 0 Å². The predicted octanol–water partition coefficient (Wildman–Crippen LogP) is 2.96. The standard InChI is InChI=1S/C16H24O3/c1-3-11(17)5-7-13-12-6-4-10(2)16(19)14(12)8-9-15(13)18/h10,12-14H,3-9H2,1-2H3/t10-,12-,13?,14?/m1/s1. The summed E-state index contributed by atoms with van der Waals surface area (Å²) < 4.78 is 0. The van der Waals surface area contributed by atoms with Crippen LogP contribution in [0.4, 0.5) is 0 Å². The lowest BCUT2D eigenvalue weighted by Gasteiger charge is -2.41. The van der Waals surface area contributed by atoms with Gasteiger partial charge in [-0.3, -0.25) is 14.4 Å². The number of carbonyl (C=O) groups is 3. The van der Waals surface area contributed by atoms with Gasteiger partial charge in [0.15, 0.2) is 0 Å². The maximum Gasteiger partial charge on any atom is 0.139 e. The highest BCUT2D eigenvalue weighted by molar-refractivity contribution is 5.89. The topological polar surface area (TPSA) is 51.2 Å². The van der Waals surface area contributed by atoms with Crippen LogP contribution in [0.1, 0.15) is 58.8 Å². The lowest BCUT2D eigenvalue weighted by Crippen LogP contribution is -2.44. The van der Waals surface area contributed by atoms with E-state index in [2.05, 4.69) is 0 Å². The van der Waals surface area contributed by atoms with Gasteiger partial charge in [0.1, 0.15) is 17.3 Å². The molecule has 2 unspecified atom stereocenters. The molecule has 4 atom stereocenters. The molecule has 0 spiro atoms. The van der Waals surface area contributed by atoms with Gasteiger partial charge >= 0.3 is 0 Å². The number of rotatable bonds is 4. The first kappa shape index (κ1) is 14.4. The van der Waals surface area contributed by atoms with Crippen molar-refractivity contribution in [1.29, 1.82) is 0 Å². The van der Waals surface area contributed by atoms with Gasteiger partial charge in [-0.05, 0) is 31.6 Å². The van der Waals surface area contributed by atoms with Crippen LogP contribution >= 0.6 is 0 Å². The van der Waals surface area contributed by atoms with Crippen LogP contribution in [0.25, 0.3) is 0 Å². The van der Waals surface area contributed by atoms with Crippen molar-refractivity contribution in [2.75, 3.05) is 0 Å². The van der Waals surface area contributed by atoms with Crippen LogP contribution in [-0.2, 0) is 14.4 Å². The SMILES string of the molecule is CCC(=O)CCC1C(=O)CCC2C(=O)[C@H](C)CC[C@H]12. The van der Waals surface area contributed by atoms with E-state index < -0.39 is 0 Å². The third kappa shape index (κ3) is 2.96. The highest BCUT2D eigenvalue weighted by Crippen LogP contribution is 2.44. The minimum atomic E-state index is -0.0364. The fourth-order valence-corrected chi connectivity index (χ4v) is 3.79. The van der Waals surface area contributed by atoms with E-state index in [-0.39, 0.29) is 35.2 Å². The van der Waals surface area contributed by atoms with Crippen LogP contribution in [0.5, 0.6) is 0 Å². The first-order chi connectivity index (χ1) is 9.04. The van der Waals surface area contributed by atoms with E-state index in [0.29, 0.717) is 31.5 Å². The molecule has 19 heavy (non-hydrogen) atoms. The fourth-order valence-electron chi connectivity index (χ4n) is 3.79. The number of hydrogen-bond acceptors (Lipinski definition) is 3. The summed E-state index contributed by atoms with van der Waals surface area (Å²) in [6.45, 7) is 3.87. The van der Waals surface area contributed by atoms with E-state index in [9.17, 15) is 14.4 Å². The van der Waals surface area contributed by atoms with E-state index in [1.807, 2.05) is 13.8 Å². The number of ketones is 3. The number of Topliss-reactive ketones (excluding diaryl/α,β-unsaturated/α-hetero) is 3. The van der Waals surface area contributed by atoms with Crippen LogP contribution in [0, 0.1) is 23.7 Å². The summed E-state index contributed by atoms with van der Waals surface area (Å²) in [5.74, 6) is 1.30. The van der Waals surface area contributed by atoms with E-state index in [1.54, 1.807) is 0 Å². The zero-order chi connectivity index (χ0) is 14.0. The van der Waals surface area contributed by atoms with Gasteiger partial charge < -0.3 is 0 Å². The Hall–Kier alpha value is -0.990. The predicted molar refractivity (Wildman–Crippen MR) is 72.6 cm³/mol. The first-order valence-corrected chi connectivity index (χ1v) is 7.62. The molecule has 3 nitrogen and oxygen atoms in total. The molecular formula is C16H24O3. The maximum atomic E-state index is 12.2. The average molecular weight is 264 g/mol. The minimum absolute atomic E-state index is 0.0364. The molecule has 0 aromatic heterocycles. The van der Waals surface area contributed by atoms with Gasteiger partial charge in [0.25, 0.3) is 0 Å². The molecule has 3 heteroatoms. The van der Waals surface area contributed by atoms with Crippen LogP contribution < -0.4 is 0 Å². The summed E-state index contributed by atoms with van der Waals surface area (Å²) >= 11 is 0. The molecule has 2 fully saturated rings. The molecule has 0 aromatic carbocycles. The molecule has 2 aliphatic rings. The van der Waals surface area contributed by atoms with E-state index in [4.69, 9.17) is 0 Å². The third-order valence-corrected chi connectivity index (χ3v) is 5.06. The summed E-state index contributed by atoms with van der Waals surface area (Å²) in [4.78, 5) is 35.8. The van der Waals surface area contributed by atoms with Crippen molar-refractivity contribution in [2.45, 2.75) is 58.8 Å². The monoisotopic (exact) mass is 264 g/mol. The summed E-state index contributed by atoms with van der Waals surface area (Å²) in [5, 5.41) is 0. The number of hydrogen-bond donors (Lipinski definition) is 0. The second kappa shape index (κ2) is 5.98. The molecule has 2 aliphatic carbocycles. The second-order valence-corrected chi connectivity index (χ2v) is 6.19. The van der Waals surface area contributed by atoms with Crippen molar-refractivity contribution < 1.29 is 14.4 Å². The van der Waals surface area contributed by atoms with Gasteiger partial charge in [0.05, 0.1) is 0 Å². The Balaban J connectivity index is 2.06. The zero-order valence-corrected chi connectivity index (χ0v) is 12.0. The first-order valence-electron chi connectivity index (χ1n) is 7.62.